The van der Waals surface area contributed by atoms with E-state index < -0.39 is 16.0 Å². The monoisotopic (exact) mass is 493 g/mol. The van der Waals surface area contributed by atoms with Gasteiger partial charge in [0.15, 0.2) is 0 Å². The van der Waals surface area contributed by atoms with Crippen molar-refractivity contribution >= 4 is 27.7 Å². The third kappa shape index (κ3) is 3.60. The van der Waals surface area contributed by atoms with Gasteiger partial charge in [0.2, 0.25) is 0 Å². The Morgan fingerprint density at radius 2 is 1.94 bits per heavy atom. The number of rotatable bonds is 5. The molecule has 35 heavy (non-hydrogen) atoms. The first-order chi connectivity index (χ1) is 16.7. The van der Waals surface area contributed by atoms with E-state index in [1.165, 1.54) is 0 Å². The van der Waals surface area contributed by atoms with Crippen LogP contribution in [0, 0.1) is 31.6 Å². The minimum atomic E-state index is -3.87. The van der Waals surface area contributed by atoms with E-state index in [4.69, 9.17) is 4.42 Å². The number of aryl methyl sites for hydroxylation is 2. The summed E-state index contributed by atoms with van der Waals surface area (Å²) in [6.45, 7) is 3.50. The minimum Gasteiger partial charge on any atom is -0.478 e. The van der Waals surface area contributed by atoms with Crippen LogP contribution in [0.5, 0.6) is 0 Å². The molecule has 2 aromatic carbocycles. The first-order valence-corrected chi connectivity index (χ1v) is 13.4. The fourth-order valence-corrected chi connectivity index (χ4v) is 7.48. The van der Waals surface area contributed by atoms with Gasteiger partial charge in [0.1, 0.15) is 5.76 Å². The minimum absolute atomic E-state index is 0.0130. The molecule has 0 unspecified atom stereocenters. The van der Waals surface area contributed by atoms with Crippen LogP contribution in [0.3, 0.4) is 0 Å². The van der Waals surface area contributed by atoms with E-state index >= 15 is 0 Å². The zero-order valence-corrected chi connectivity index (χ0v) is 20.3. The lowest BCUT2D eigenvalue weighted by Crippen LogP contribution is -2.35. The number of benzene rings is 2. The molecular formula is C26H27N3O5S. The van der Waals surface area contributed by atoms with Crippen LogP contribution in [0.1, 0.15) is 64.2 Å². The van der Waals surface area contributed by atoms with E-state index in [-0.39, 0.29) is 34.4 Å². The van der Waals surface area contributed by atoms with Gasteiger partial charge in [-0.15, -0.1) is 0 Å². The van der Waals surface area contributed by atoms with Crippen LogP contribution in [0.4, 0.5) is 11.7 Å². The molecule has 0 amide bonds. The Kier molecular flexibility index (Phi) is 4.96. The molecule has 6 rings (SSSR count). The molecule has 1 aliphatic heterocycles. The number of aromatic nitrogens is 1. The molecule has 3 N–H and O–H groups in total. The number of carboxylic acid groups (broad SMARTS) is 1. The Morgan fingerprint density at radius 1 is 1.14 bits per heavy atom. The molecule has 8 nitrogen and oxygen atoms in total. The Labute approximate surface area is 203 Å². The van der Waals surface area contributed by atoms with Gasteiger partial charge in [0, 0.05) is 5.69 Å². The van der Waals surface area contributed by atoms with Crippen molar-refractivity contribution in [2.45, 2.75) is 50.0 Å². The Bertz CT molecular complexity index is 1430. The first-order valence-electron chi connectivity index (χ1n) is 11.9. The van der Waals surface area contributed by atoms with Crippen LogP contribution in [-0.2, 0) is 10.0 Å². The summed E-state index contributed by atoms with van der Waals surface area (Å²) < 4.78 is 34.2. The molecule has 2 bridgehead atoms. The lowest BCUT2D eigenvalue weighted by atomic mass is 9.68. The van der Waals surface area contributed by atoms with Crippen molar-refractivity contribution in [3.8, 4) is 0 Å². The number of oxazole rings is 1. The normalized spacial score (nSPS) is 26.6. The van der Waals surface area contributed by atoms with Crippen LogP contribution in [0.2, 0.25) is 0 Å². The predicted molar refractivity (Wildman–Crippen MR) is 130 cm³/mol. The molecule has 9 heteroatoms. The summed E-state index contributed by atoms with van der Waals surface area (Å²) in [5, 5.41) is 13.1. The highest BCUT2D eigenvalue weighted by atomic mass is 32.2. The van der Waals surface area contributed by atoms with E-state index in [9.17, 15) is 18.3 Å². The maximum absolute atomic E-state index is 13.2. The lowest BCUT2D eigenvalue weighted by Gasteiger charge is -2.43. The summed E-state index contributed by atoms with van der Waals surface area (Å²) in [5.41, 5.74) is 3.81. The quantitative estimate of drug-likeness (QED) is 0.453. The van der Waals surface area contributed by atoms with E-state index in [2.05, 4.69) is 15.0 Å². The molecule has 182 valence electrons. The van der Waals surface area contributed by atoms with E-state index in [1.54, 1.807) is 44.2 Å². The molecule has 0 spiro atoms. The average Bonchev–Trinajstić information content (AvgIpc) is 3.53. The predicted octanol–water partition coefficient (Wildman–Crippen LogP) is 5.09. The summed E-state index contributed by atoms with van der Waals surface area (Å²) in [6, 6.07) is 12.3. The Morgan fingerprint density at radius 3 is 2.69 bits per heavy atom. The lowest BCUT2D eigenvalue weighted by molar-refractivity contribution is 0.0696. The van der Waals surface area contributed by atoms with Crippen LogP contribution in [-0.4, -0.2) is 24.5 Å². The standard InChI is InChI=1S/C26H27N3O5S/c1-13-14(2)34-26(27-13)29-35(32,33)19-8-9-21-20(12-19)22-15-6-7-16(10-15)23(22)24(28-21)17-4-3-5-18(11-17)25(30)31/h3-5,8-9,11-12,15-16,22-24,28H,6-7,10H2,1-2H3,(H,27,29)(H,30,31)/t15-,16-,22-,23+,24-/m0/s1. The Hall–Kier alpha value is -3.33. The van der Waals surface area contributed by atoms with Gasteiger partial charge >= 0.3 is 12.0 Å². The molecule has 3 aromatic rings. The third-order valence-electron chi connectivity index (χ3n) is 8.11. The zero-order chi connectivity index (χ0) is 24.5. The van der Waals surface area contributed by atoms with Gasteiger partial charge in [0.05, 0.1) is 22.2 Å². The van der Waals surface area contributed by atoms with Crippen molar-refractivity contribution in [2.24, 2.45) is 17.8 Å². The molecular weight excluding hydrogens is 466 g/mol. The molecule has 0 saturated heterocycles. The second-order valence-electron chi connectivity index (χ2n) is 10.0. The molecule has 1 aromatic heterocycles. The number of nitrogens with zero attached hydrogens (tertiary/aromatic N) is 1. The molecule has 0 radical (unpaired) electrons. The van der Waals surface area contributed by atoms with Gasteiger partial charge in [-0.3, -0.25) is 0 Å². The summed E-state index contributed by atoms with van der Waals surface area (Å²) in [4.78, 5) is 15.9. The van der Waals surface area contributed by atoms with Crippen LogP contribution >= 0.6 is 0 Å². The summed E-state index contributed by atoms with van der Waals surface area (Å²) in [7, 11) is -3.87. The van der Waals surface area contributed by atoms with Gasteiger partial charge in [-0.1, -0.05) is 12.1 Å². The molecule has 5 atom stereocenters. The van der Waals surface area contributed by atoms with Crippen LogP contribution in [0.25, 0.3) is 0 Å². The number of hydrogen-bond donors (Lipinski definition) is 3. The molecule has 2 saturated carbocycles. The highest BCUT2D eigenvalue weighted by molar-refractivity contribution is 7.92. The highest BCUT2D eigenvalue weighted by Crippen LogP contribution is 2.63. The van der Waals surface area contributed by atoms with Crippen LogP contribution < -0.4 is 10.0 Å². The van der Waals surface area contributed by atoms with Crippen molar-refractivity contribution in [3.63, 3.8) is 0 Å². The summed E-state index contributed by atoms with van der Waals surface area (Å²) in [6.07, 6.45) is 3.41. The maximum Gasteiger partial charge on any atom is 0.335 e. The number of aromatic carboxylic acids is 1. The number of carboxylic acids is 1. The van der Waals surface area contributed by atoms with Crippen LogP contribution in [0.15, 0.2) is 51.8 Å². The second kappa shape index (κ2) is 7.84. The smallest absolute Gasteiger partial charge is 0.335 e. The van der Waals surface area contributed by atoms with E-state index in [0.29, 0.717) is 23.3 Å². The number of hydrogen-bond acceptors (Lipinski definition) is 6. The molecule has 3 aliphatic rings. The molecule has 2 fully saturated rings. The average molecular weight is 494 g/mol. The van der Waals surface area contributed by atoms with Gasteiger partial charge in [-0.2, -0.15) is 4.98 Å². The van der Waals surface area contributed by atoms with E-state index in [0.717, 1.165) is 36.1 Å². The van der Waals surface area contributed by atoms with Gasteiger partial charge < -0.3 is 14.8 Å². The number of anilines is 2. The summed E-state index contributed by atoms with van der Waals surface area (Å²) >= 11 is 0. The van der Waals surface area contributed by atoms with Crippen molar-refractivity contribution in [2.75, 3.05) is 10.0 Å². The van der Waals surface area contributed by atoms with Gasteiger partial charge in [-0.25, -0.2) is 17.9 Å². The topological polar surface area (TPSA) is 122 Å². The van der Waals surface area contributed by atoms with Crippen molar-refractivity contribution < 1.29 is 22.7 Å². The number of fused-ring (bicyclic) bond motifs is 7. The van der Waals surface area contributed by atoms with Gasteiger partial charge in [-0.05, 0) is 98.2 Å². The van der Waals surface area contributed by atoms with Gasteiger partial charge in [0.25, 0.3) is 10.0 Å². The van der Waals surface area contributed by atoms with Crippen molar-refractivity contribution in [1.82, 2.24) is 4.98 Å². The van der Waals surface area contributed by atoms with E-state index in [1.807, 2.05) is 12.1 Å². The number of sulfonamides is 1. The zero-order valence-electron chi connectivity index (χ0n) is 19.5. The Balaban J connectivity index is 1.38. The fraction of sp³-hybridized carbons (Fsp3) is 0.385. The molecule has 2 heterocycles. The number of carbonyl (C=O) groups is 1. The first kappa shape index (κ1) is 22.2. The van der Waals surface area contributed by atoms with Crippen molar-refractivity contribution in [3.05, 3.63) is 70.6 Å². The SMILES string of the molecule is Cc1nc(NS(=O)(=O)c2ccc3c(c2)[C@@H]2[C@H]4CC[C@@H](C4)[C@H]2[C@H](c2cccc(C(=O)O)c2)N3)oc1C. The highest BCUT2D eigenvalue weighted by Gasteiger charge is 2.54. The summed E-state index contributed by atoms with van der Waals surface area (Å²) in [5.74, 6) is 1.17. The molecule has 2 aliphatic carbocycles. The number of nitrogens with one attached hydrogen (secondary N) is 2. The third-order valence-corrected chi connectivity index (χ3v) is 9.43. The largest absolute Gasteiger partial charge is 0.478 e. The second-order valence-corrected chi connectivity index (χ2v) is 11.7. The fourth-order valence-electron chi connectivity index (χ4n) is 6.52. The maximum atomic E-state index is 13.2. The van der Waals surface area contributed by atoms with Crippen molar-refractivity contribution in [1.29, 1.82) is 0 Å².